The second kappa shape index (κ2) is 6.65. The lowest BCUT2D eigenvalue weighted by atomic mass is 10.1. The fourth-order valence-corrected chi connectivity index (χ4v) is 3.60. The molecule has 0 amide bonds. The Balaban J connectivity index is 1.99. The van der Waals surface area contributed by atoms with E-state index in [1.807, 2.05) is 18.2 Å². The molecule has 4 rings (SSSR count). The number of H-pyrrole nitrogens is 1. The number of fused-ring (bicyclic) bond motifs is 1. The number of pyridine rings is 2. The van der Waals surface area contributed by atoms with Gasteiger partial charge in [0.1, 0.15) is 17.0 Å². The zero-order valence-electron chi connectivity index (χ0n) is 14.7. The predicted octanol–water partition coefficient (Wildman–Crippen LogP) is 2.22. The number of hydrogen-bond donors (Lipinski definition) is 1. The number of anilines is 1. The summed E-state index contributed by atoms with van der Waals surface area (Å²) in [7, 11) is -2.32. The highest BCUT2D eigenvalue weighted by molar-refractivity contribution is 7.92. The first-order valence-corrected chi connectivity index (χ1v) is 10.6. The molecule has 0 aliphatic carbocycles. The largest absolute Gasteiger partial charge is 0.378 e. The van der Waals surface area contributed by atoms with Crippen molar-refractivity contribution < 1.29 is 8.95 Å². The summed E-state index contributed by atoms with van der Waals surface area (Å²) in [5.74, 6) is 0.789. The third kappa shape index (κ3) is 3.40. The molecule has 0 bridgehead atoms. The predicted molar refractivity (Wildman–Crippen MR) is 102 cm³/mol. The van der Waals surface area contributed by atoms with Gasteiger partial charge in [0.25, 0.3) is 0 Å². The molecule has 3 aromatic heterocycles. The van der Waals surface area contributed by atoms with E-state index < -0.39 is 9.73 Å². The van der Waals surface area contributed by atoms with E-state index in [1.54, 1.807) is 24.9 Å². The van der Waals surface area contributed by atoms with Gasteiger partial charge in [0.15, 0.2) is 0 Å². The van der Waals surface area contributed by atoms with Gasteiger partial charge in [0.05, 0.1) is 24.6 Å². The minimum atomic E-state index is -2.32. The monoisotopic (exact) mass is 372 g/mol. The molecule has 4 heterocycles. The lowest BCUT2D eigenvalue weighted by molar-refractivity contribution is 0.122. The van der Waals surface area contributed by atoms with Crippen LogP contribution in [-0.4, -0.2) is 63.2 Å². The zero-order chi connectivity index (χ0) is 18.1. The smallest absolute Gasteiger partial charge is 0.131 e. The molecule has 0 aromatic carbocycles. The molecule has 0 atom stereocenters. The van der Waals surface area contributed by atoms with Gasteiger partial charge in [0.2, 0.25) is 0 Å². The first kappa shape index (κ1) is 16.9. The Hall–Kier alpha value is -2.52. The van der Waals surface area contributed by atoms with Gasteiger partial charge in [0, 0.05) is 59.2 Å². The van der Waals surface area contributed by atoms with E-state index in [2.05, 4.69) is 24.4 Å². The van der Waals surface area contributed by atoms with Crippen LogP contribution in [0.1, 0.15) is 0 Å². The van der Waals surface area contributed by atoms with Crippen molar-refractivity contribution in [3.05, 3.63) is 30.6 Å². The molecule has 1 aliphatic heterocycles. The van der Waals surface area contributed by atoms with Crippen LogP contribution in [-0.2, 0) is 14.5 Å². The van der Waals surface area contributed by atoms with Gasteiger partial charge in [-0.1, -0.05) is 0 Å². The first-order chi connectivity index (χ1) is 12.5. The van der Waals surface area contributed by atoms with E-state index >= 15 is 0 Å². The van der Waals surface area contributed by atoms with Crippen molar-refractivity contribution in [3.63, 3.8) is 0 Å². The van der Waals surface area contributed by atoms with Crippen molar-refractivity contribution in [1.29, 1.82) is 0 Å². The summed E-state index contributed by atoms with van der Waals surface area (Å²) < 4.78 is 22.3. The highest BCUT2D eigenvalue weighted by Gasteiger charge is 2.18. The Morgan fingerprint density at radius 1 is 1.23 bits per heavy atom. The minimum Gasteiger partial charge on any atom is -0.378 e. The van der Waals surface area contributed by atoms with Crippen LogP contribution in [0.4, 0.5) is 11.5 Å². The summed E-state index contributed by atoms with van der Waals surface area (Å²) >= 11 is 0. The van der Waals surface area contributed by atoms with Gasteiger partial charge in [-0.05, 0) is 12.1 Å². The molecule has 136 valence electrons. The van der Waals surface area contributed by atoms with Crippen molar-refractivity contribution >= 4 is 32.1 Å². The highest BCUT2D eigenvalue weighted by atomic mass is 32.2. The van der Waals surface area contributed by atoms with Crippen molar-refractivity contribution in [2.24, 2.45) is 4.36 Å². The number of hydrogen-bond acceptors (Lipinski definition) is 7. The van der Waals surface area contributed by atoms with Crippen LogP contribution in [0.3, 0.4) is 0 Å². The number of nitrogens with one attached hydrogen (secondary N) is 1. The molecule has 9 heteroatoms. The Bertz CT molecular complexity index is 1040. The van der Waals surface area contributed by atoms with Gasteiger partial charge < -0.3 is 9.64 Å². The highest BCUT2D eigenvalue weighted by Crippen LogP contribution is 2.34. The summed E-state index contributed by atoms with van der Waals surface area (Å²) in [4.78, 5) is 11.5. The maximum Gasteiger partial charge on any atom is 0.131 e. The van der Waals surface area contributed by atoms with Gasteiger partial charge in [-0.15, -0.1) is 0 Å². The number of ether oxygens (including phenoxy) is 1. The second-order valence-electron chi connectivity index (χ2n) is 6.40. The third-order valence-corrected chi connectivity index (χ3v) is 4.74. The van der Waals surface area contributed by atoms with Crippen LogP contribution >= 0.6 is 0 Å². The topological polar surface area (TPSA) is 96.4 Å². The van der Waals surface area contributed by atoms with Crippen LogP contribution in [0.25, 0.3) is 22.3 Å². The molecular weight excluding hydrogens is 352 g/mol. The SMILES string of the molecule is CS(C)(=O)=Nc1cc(N2CCOCC2)nc2c(-c3ccn[nH]3)nccc12. The summed E-state index contributed by atoms with van der Waals surface area (Å²) in [6.07, 6.45) is 6.65. The maximum absolute atomic E-state index is 12.3. The minimum absolute atomic E-state index is 0.658. The maximum atomic E-state index is 12.3. The fraction of sp³-hybridized carbons (Fsp3) is 0.353. The number of nitrogens with zero attached hydrogens (tertiary/aromatic N) is 5. The van der Waals surface area contributed by atoms with E-state index in [0.29, 0.717) is 30.1 Å². The lowest BCUT2D eigenvalue weighted by Crippen LogP contribution is -2.36. The lowest BCUT2D eigenvalue weighted by Gasteiger charge is -2.28. The molecule has 26 heavy (non-hydrogen) atoms. The van der Waals surface area contributed by atoms with Gasteiger partial charge in [-0.3, -0.25) is 10.1 Å². The van der Waals surface area contributed by atoms with Gasteiger partial charge >= 0.3 is 0 Å². The van der Waals surface area contributed by atoms with Crippen LogP contribution < -0.4 is 4.90 Å². The molecule has 3 aromatic rings. The Labute approximate surface area is 151 Å². The number of rotatable bonds is 3. The Morgan fingerprint density at radius 3 is 2.73 bits per heavy atom. The van der Waals surface area contributed by atoms with E-state index in [-0.39, 0.29) is 0 Å². The molecule has 8 nitrogen and oxygen atoms in total. The standard InChI is InChI=1S/C17H20N6O2S/c1-26(2,24)22-14-11-15(23-7-9-25-10-8-23)20-16-12(14)3-5-18-17(16)13-4-6-19-21-13/h3-6,11H,7-10H2,1-2H3,(H,19,21). The molecule has 0 radical (unpaired) electrons. The fourth-order valence-electron chi connectivity index (χ4n) is 2.97. The van der Waals surface area contributed by atoms with Crippen molar-refractivity contribution in [2.75, 3.05) is 43.7 Å². The van der Waals surface area contributed by atoms with Crippen molar-refractivity contribution in [3.8, 4) is 11.4 Å². The van der Waals surface area contributed by atoms with E-state index in [0.717, 1.165) is 30.0 Å². The average Bonchev–Trinajstić information content (AvgIpc) is 3.15. The average molecular weight is 372 g/mol. The van der Waals surface area contributed by atoms with Crippen LogP contribution in [0.15, 0.2) is 35.0 Å². The van der Waals surface area contributed by atoms with Crippen molar-refractivity contribution in [1.82, 2.24) is 20.2 Å². The van der Waals surface area contributed by atoms with Crippen LogP contribution in [0, 0.1) is 0 Å². The summed E-state index contributed by atoms with van der Waals surface area (Å²) in [6, 6.07) is 5.61. The summed E-state index contributed by atoms with van der Waals surface area (Å²) in [5, 5.41) is 7.77. The Kier molecular flexibility index (Phi) is 4.33. The number of aromatic nitrogens is 4. The third-order valence-electron chi connectivity index (χ3n) is 4.10. The first-order valence-electron chi connectivity index (χ1n) is 8.30. The van der Waals surface area contributed by atoms with E-state index in [1.165, 1.54) is 0 Å². The summed E-state index contributed by atoms with van der Waals surface area (Å²) in [5.41, 5.74) is 2.85. The number of morpholine rings is 1. The van der Waals surface area contributed by atoms with E-state index in [9.17, 15) is 4.21 Å². The molecule has 0 spiro atoms. The molecular formula is C17H20N6O2S. The summed E-state index contributed by atoms with van der Waals surface area (Å²) in [6.45, 7) is 2.83. The molecule has 0 unspecified atom stereocenters. The molecule has 1 fully saturated rings. The van der Waals surface area contributed by atoms with Gasteiger partial charge in [-0.2, -0.15) is 9.46 Å². The molecule has 0 saturated carbocycles. The Morgan fingerprint density at radius 2 is 2.04 bits per heavy atom. The number of aromatic amines is 1. The van der Waals surface area contributed by atoms with Crippen molar-refractivity contribution in [2.45, 2.75) is 0 Å². The van der Waals surface area contributed by atoms with Crippen LogP contribution in [0.5, 0.6) is 0 Å². The van der Waals surface area contributed by atoms with Crippen LogP contribution in [0.2, 0.25) is 0 Å². The normalized spacial score (nSPS) is 15.4. The quantitative estimate of drug-likeness (QED) is 0.757. The zero-order valence-corrected chi connectivity index (χ0v) is 15.5. The van der Waals surface area contributed by atoms with E-state index in [4.69, 9.17) is 9.72 Å². The van der Waals surface area contributed by atoms with Gasteiger partial charge in [-0.25, -0.2) is 9.19 Å². The molecule has 1 aliphatic rings. The second-order valence-corrected chi connectivity index (χ2v) is 8.94. The molecule has 1 saturated heterocycles. The molecule has 1 N–H and O–H groups in total.